The topological polar surface area (TPSA) is 38.3 Å². The Bertz CT molecular complexity index is 241. The van der Waals surface area contributed by atoms with Crippen LogP contribution in [0.25, 0.3) is 0 Å². The maximum atomic E-state index is 11.1. The number of amides is 1. The van der Waals surface area contributed by atoms with Gasteiger partial charge in [-0.25, -0.2) is 4.79 Å². The lowest BCUT2D eigenvalue weighted by Gasteiger charge is -2.05. The molecule has 1 amide bonds. The highest BCUT2D eigenvalue weighted by Gasteiger charge is 1.98. The van der Waals surface area contributed by atoms with Crippen molar-refractivity contribution in [2.24, 2.45) is 0 Å². The van der Waals surface area contributed by atoms with E-state index in [1.165, 1.54) is 70.6 Å². The van der Waals surface area contributed by atoms with Crippen LogP contribution in [0.15, 0.2) is 12.7 Å². The maximum Gasteiger partial charge on any atom is 0.407 e. The second-order valence-electron chi connectivity index (χ2n) is 5.70. The van der Waals surface area contributed by atoms with E-state index in [1.54, 1.807) is 6.08 Å². The number of carbonyl (C=O) groups excluding carboxylic acids is 1. The van der Waals surface area contributed by atoms with Crippen LogP contribution in [0.4, 0.5) is 4.79 Å². The quantitative estimate of drug-likeness (QED) is 0.315. The molecule has 124 valence electrons. The van der Waals surface area contributed by atoms with Gasteiger partial charge in [0.05, 0.1) is 0 Å². The SMILES string of the molecule is C=CCOC(=O)NCCCCCCCCCCCCCC. The molecule has 0 aliphatic heterocycles. The molecule has 0 aromatic rings. The molecular weight excluding hydrogens is 262 g/mol. The molecule has 0 spiro atoms. The van der Waals surface area contributed by atoms with Crippen LogP contribution in [0.1, 0.15) is 84.0 Å². The Balaban J connectivity index is 3.05. The summed E-state index contributed by atoms with van der Waals surface area (Å²) >= 11 is 0. The van der Waals surface area contributed by atoms with Crippen molar-refractivity contribution >= 4 is 6.09 Å². The van der Waals surface area contributed by atoms with Crippen LogP contribution in [0.3, 0.4) is 0 Å². The van der Waals surface area contributed by atoms with E-state index < -0.39 is 0 Å². The zero-order chi connectivity index (χ0) is 15.6. The van der Waals surface area contributed by atoms with E-state index in [4.69, 9.17) is 4.74 Å². The molecule has 0 fully saturated rings. The highest BCUT2D eigenvalue weighted by Crippen LogP contribution is 2.11. The van der Waals surface area contributed by atoms with Gasteiger partial charge in [0.25, 0.3) is 0 Å². The van der Waals surface area contributed by atoms with Gasteiger partial charge in [0.15, 0.2) is 0 Å². The Hall–Kier alpha value is -0.990. The van der Waals surface area contributed by atoms with Crippen LogP contribution in [0, 0.1) is 0 Å². The van der Waals surface area contributed by atoms with Gasteiger partial charge in [0, 0.05) is 6.54 Å². The molecule has 0 radical (unpaired) electrons. The zero-order valence-electron chi connectivity index (χ0n) is 14.0. The third-order valence-corrected chi connectivity index (χ3v) is 3.63. The summed E-state index contributed by atoms with van der Waals surface area (Å²) in [4.78, 5) is 11.1. The van der Waals surface area contributed by atoms with Crippen LogP contribution in [0.5, 0.6) is 0 Å². The second kappa shape index (κ2) is 17.1. The van der Waals surface area contributed by atoms with Crippen molar-refractivity contribution in [3.63, 3.8) is 0 Å². The number of nitrogens with one attached hydrogen (secondary N) is 1. The Morgan fingerprint density at radius 1 is 0.905 bits per heavy atom. The second-order valence-corrected chi connectivity index (χ2v) is 5.70. The monoisotopic (exact) mass is 297 g/mol. The Morgan fingerprint density at radius 3 is 1.86 bits per heavy atom. The first-order valence-corrected chi connectivity index (χ1v) is 8.82. The average molecular weight is 297 g/mol. The summed E-state index contributed by atoms with van der Waals surface area (Å²) in [6, 6.07) is 0. The van der Waals surface area contributed by atoms with Crippen molar-refractivity contribution in [3.05, 3.63) is 12.7 Å². The van der Waals surface area contributed by atoms with E-state index in [9.17, 15) is 4.79 Å². The summed E-state index contributed by atoms with van der Waals surface area (Å²) in [5, 5.41) is 2.74. The van der Waals surface area contributed by atoms with Crippen molar-refractivity contribution in [3.8, 4) is 0 Å². The van der Waals surface area contributed by atoms with Gasteiger partial charge >= 0.3 is 6.09 Å². The highest BCUT2D eigenvalue weighted by molar-refractivity contribution is 5.67. The number of alkyl carbamates (subject to hydrolysis) is 1. The largest absolute Gasteiger partial charge is 0.445 e. The van der Waals surface area contributed by atoms with E-state index in [0.29, 0.717) is 6.54 Å². The molecule has 0 heterocycles. The fourth-order valence-corrected chi connectivity index (χ4v) is 2.34. The molecule has 3 nitrogen and oxygen atoms in total. The van der Waals surface area contributed by atoms with Crippen molar-refractivity contribution in [1.82, 2.24) is 5.32 Å². The predicted molar refractivity (Wildman–Crippen MR) is 90.6 cm³/mol. The third-order valence-electron chi connectivity index (χ3n) is 3.63. The lowest BCUT2D eigenvalue weighted by molar-refractivity contribution is 0.158. The molecular formula is C18H35NO2. The fourth-order valence-electron chi connectivity index (χ4n) is 2.34. The Kier molecular flexibility index (Phi) is 16.3. The number of ether oxygens (including phenoxy) is 1. The molecule has 21 heavy (non-hydrogen) atoms. The fraction of sp³-hybridized carbons (Fsp3) is 0.833. The third kappa shape index (κ3) is 17.0. The van der Waals surface area contributed by atoms with Gasteiger partial charge in [-0.15, -0.1) is 0 Å². The standard InChI is InChI=1S/C18H35NO2/c1-3-5-6-7-8-9-10-11-12-13-14-15-16-19-18(20)21-17-4-2/h4H,2-3,5-17H2,1H3,(H,19,20). The van der Waals surface area contributed by atoms with Gasteiger partial charge in [-0.2, -0.15) is 0 Å². The van der Waals surface area contributed by atoms with E-state index >= 15 is 0 Å². The van der Waals surface area contributed by atoms with Gasteiger partial charge in [-0.05, 0) is 6.42 Å². The van der Waals surface area contributed by atoms with Crippen LogP contribution >= 0.6 is 0 Å². The van der Waals surface area contributed by atoms with Gasteiger partial charge in [-0.1, -0.05) is 90.2 Å². The Morgan fingerprint density at radius 2 is 1.38 bits per heavy atom. The van der Waals surface area contributed by atoms with E-state index in [1.807, 2.05) is 0 Å². The molecule has 0 atom stereocenters. The molecule has 0 aromatic heterocycles. The first kappa shape index (κ1) is 20.0. The molecule has 0 aliphatic rings. The summed E-state index contributed by atoms with van der Waals surface area (Å²) < 4.78 is 4.83. The highest BCUT2D eigenvalue weighted by atomic mass is 16.5. The lowest BCUT2D eigenvalue weighted by Crippen LogP contribution is -2.25. The maximum absolute atomic E-state index is 11.1. The van der Waals surface area contributed by atoms with E-state index in [0.717, 1.165) is 6.42 Å². The van der Waals surface area contributed by atoms with Crippen molar-refractivity contribution in [2.45, 2.75) is 84.0 Å². The van der Waals surface area contributed by atoms with Crippen molar-refractivity contribution in [1.29, 1.82) is 0 Å². The minimum atomic E-state index is -0.335. The van der Waals surface area contributed by atoms with Gasteiger partial charge < -0.3 is 10.1 Å². The molecule has 3 heteroatoms. The first-order valence-electron chi connectivity index (χ1n) is 8.82. The number of rotatable bonds is 15. The summed E-state index contributed by atoms with van der Waals surface area (Å²) in [6.45, 7) is 6.76. The van der Waals surface area contributed by atoms with Gasteiger partial charge in [0.2, 0.25) is 0 Å². The lowest BCUT2D eigenvalue weighted by atomic mass is 10.1. The molecule has 0 aromatic carbocycles. The molecule has 1 N–H and O–H groups in total. The van der Waals surface area contributed by atoms with E-state index in [-0.39, 0.29) is 12.7 Å². The molecule has 0 unspecified atom stereocenters. The first-order chi connectivity index (χ1) is 10.3. The summed E-state index contributed by atoms with van der Waals surface area (Å²) in [5.41, 5.74) is 0. The Labute approximate surface area is 131 Å². The molecule has 0 bridgehead atoms. The van der Waals surface area contributed by atoms with Crippen LogP contribution < -0.4 is 5.32 Å². The minimum Gasteiger partial charge on any atom is -0.445 e. The van der Waals surface area contributed by atoms with Crippen molar-refractivity contribution < 1.29 is 9.53 Å². The van der Waals surface area contributed by atoms with E-state index in [2.05, 4.69) is 18.8 Å². The smallest absolute Gasteiger partial charge is 0.407 e. The number of hydrogen-bond acceptors (Lipinski definition) is 2. The molecule has 0 saturated heterocycles. The summed E-state index contributed by atoms with van der Waals surface area (Å²) in [7, 11) is 0. The number of hydrogen-bond donors (Lipinski definition) is 1. The molecule has 0 aliphatic carbocycles. The number of unbranched alkanes of at least 4 members (excludes halogenated alkanes) is 11. The molecule has 0 rings (SSSR count). The van der Waals surface area contributed by atoms with Crippen LogP contribution in [-0.4, -0.2) is 19.2 Å². The predicted octanol–water partition coefficient (Wildman–Crippen LogP) is 5.60. The molecule has 0 saturated carbocycles. The average Bonchev–Trinajstić information content (AvgIpc) is 2.49. The van der Waals surface area contributed by atoms with Crippen LogP contribution in [-0.2, 0) is 4.74 Å². The minimum absolute atomic E-state index is 0.282. The normalized spacial score (nSPS) is 10.3. The van der Waals surface area contributed by atoms with Gasteiger partial charge in [0.1, 0.15) is 6.61 Å². The summed E-state index contributed by atoms with van der Waals surface area (Å²) in [6.07, 6.45) is 17.2. The van der Waals surface area contributed by atoms with Crippen LogP contribution in [0.2, 0.25) is 0 Å². The number of carbonyl (C=O) groups is 1. The zero-order valence-corrected chi connectivity index (χ0v) is 14.0. The van der Waals surface area contributed by atoms with Gasteiger partial charge in [-0.3, -0.25) is 0 Å². The van der Waals surface area contributed by atoms with Crippen molar-refractivity contribution in [2.75, 3.05) is 13.2 Å². The summed E-state index contributed by atoms with van der Waals surface area (Å²) in [5.74, 6) is 0.